The largest absolute Gasteiger partial charge is 0.280 e. The van der Waals surface area contributed by atoms with Gasteiger partial charge in [-0.3, -0.25) is 0 Å². The van der Waals surface area contributed by atoms with Crippen molar-refractivity contribution >= 4 is 20.0 Å². The lowest BCUT2D eigenvalue weighted by molar-refractivity contribution is 0.567. The quantitative estimate of drug-likeness (QED) is 0.185. The molecule has 0 atom stereocenters. The van der Waals surface area contributed by atoms with Gasteiger partial charge in [0.1, 0.15) is 0 Å². The molecule has 2 N–H and O–H groups in total. The van der Waals surface area contributed by atoms with Crippen molar-refractivity contribution in [1.29, 1.82) is 10.5 Å². The van der Waals surface area contributed by atoms with Gasteiger partial charge in [0, 0.05) is 36.4 Å². The van der Waals surface area contributed by atoms with E-state index in [1.807, 2.05) is 0 Å². The molecule has 0 aromatic rings. The SMILES string of the molecule is CC#CS(=O)(=O)NCCCCCCCCC#N.CC#CS(=O)(=O)NCCCCCCCCCC#N. The number of nitrogens with zero attached hydrogens (tertiary/aromatic N) is 2. The molecule has 0 amide bonds. The maximum absolute atomic E-state index is 11.2. The molecule has 0 saturated heterocycles. The van der Waals surface area contributed by atoms with E-state index in [4.69, 9.17) is 10.5 Å². The zero-order chi connectivity index (χ0) is 26.7. The minimum atomic E-state index is -3.38. The summed E-state index contributed by atoms with van der Waals surface area (Å²) in [7, 11) is -6.76. The molecule has 10 heteroatoms. The van der Waals surface area contributed by atoms with E-state index in [9.17, 15) is 16.8 Å². The summed E-state index contributed by atoms with van der Waals surface area (Å²) in [4.78, 5) is 0. The molecule has 0 rings (SSSR count). The Labute approximate surface area is 214 Å². The fraction of sp³-hybridized carbons (Fsp3) is 0.760. The van der Waals surface area contributed by atoms with E-state index in [1.54, 1.807) is 0 Å². The second kappa shape index (κ2) is 25.0. The highest BCUT2D eigenvalue weighted by Crippen LogP contribution is 2.08. The third-order valence-corrected chi connectivity index (χ3v) is 6.85. The highest BCUT2D eigenvalue weighted by molar-refractivity contribution is 7.94. The van der Waals surface area contributed by atoms with Crippen molar-refractivity contribution in [2.45, 2.75) is 110 Å². The van der Waals surface area contributed by atoms with Gasteiger partial charge in [0.2, 0.25) is 0 Å². The number of nitrogens with one attached hydrogen (secondary N) is 2. The van der Waals surface area contributed by atoms with E-state index < -0.39 is 20.0 Å². The molecule has 0 aliphatic rings. The molecule has 0 aliphatic carbocycles. The summed E-state index contributed by atoms with van der Waals surface area (Å²) in [5, 5.41) is 21.0. The Morgan fingerprint density at radius 3 is 1.09 bits per heavy atom. The van der Waals surface area contributed by atoms with Crippen LogP contribution < -0.4 is 9.44 Å². The average Bonchev–Trinajstić information content (AvgIpc) is 2.79. The van der Waals surface area contributed by atoms with Crippen molar-refractivity contribution in [2.75, 3.05) is 13.1 Å². The van der Waals surface area contributed by atoms with E-state index >= 15 is 0 Å². The molecule has 198 valence electrons. The van der Waals surface area contributed by atoms with Gasteiger partial charge in [-0.2, -0.15) is 27.4 Å². The minimum absolute atomic E-state index is 0.454. The van der Waals surface area contributed by atoms with Gasteiger partial charge < -0.3 is 0 Å². The van der Waals surface area contributed by atoms with Crippen LogP contribution in [0.2, 0.25) is 0 Å². The van der Waals surface area contributed by atoms with Crippen LogP contribution in [0.4, 0.5) is 0 Å². The lowest BCUT2D eigenvalue weighted by Crippen LogP contribution is -2.22. The molecule has 8 nitrogen and oxygen atoms in total. The van der Waals surface area contributed by atoms with Crippen molar-refractivity contribution in [1.82, 2.24) is 9.44 Å². The Morgan fingerprint density at radius 2 is 0.800 bits per heavy atom. The zero-order valence-corrected chi connectivity index (χ0v) is 23.0. The van der Waals surface area contributed by atoms with E-state index in [0.717, 1.165) is 83.5 Å². The Balaban J connectivity index is 0. The van der Waals surface area contributed by atoms with Gasteiger partial charge in [0.05, 0.1) is 12.1 Å². The second-order valence-electron chi connectivity index (χ2n) is 7.91. The molecule has 0 radical (unpaired) electrons. The standard InChI is InChI=1S/C13H22N2O2S.C12H20N2O2S/c1-2-13-18(16,17)15-12-10-8-6-4-3-5-7-9-11-14;1-2-12-17(15,16)14-11-9-7-5-3-4-6-8-10-13/h15H,3-10,12H2,1H3;14H,3-9,11H2,1H3. The van der Waals surface area contributed by atoms with Crippen LogP contribution in [0.5, 0.6) is 0 Å². The highest BCUT2D eigenvalue weighted by atomic mass is 32.2. The van der Waals surface area contributed by atoms with Crippen LogP contribution in [0.25, 0.3) is 0 Å². The fourth-order valence-corrected chi connectivity index (χ4v) is 4.51. The summed E-state index contributed by atoms with van der Waals surface area (Å²) in [5.41, 5.74) is 0. The molecule has 0 aliphatic heterocycles. The molecule has 0 spiro atoms. The van der Waals surface area contributed by atoms with Gasteiger partial charge in [0.15, 0.2) is 0 Å². The molecule has 0 aromatic heterocycles. The first kappa shape index (κ1) is 35.1. The molecule has 0 heterocycles. The molecule has 0 saturated carbocycles. The highest BCUT2D eigenvalue weighted by Gasteiger charge is 2.03. The van der Waals surface area contributed by atoms with Gasteiger partial charge in [-0.05, 0) is 39.5 Å². The zero-order valence-electron chi connectivity index (χ0n) is 21.4. The van der Waals surface area contributed by atoms with Crippen molar-refractivity contribution in [3.8, 4) is 34.5 Å². The number of sulfonamides is 2. The van der Waals surface area contributed by atoms with Crippen molar-refractivity contribution in [3.63, 3.8) is 0 Å². The average molecular weight is 527 g/mol. The first-order valence-corrected chi connectivity index (χ1v) is 15.3. The van der Waals surface area contributed by atoms with Crippen LogP contribution >= 0.6 is 0 Å². The summed E-state index contributed by atoms with van der Waals surface area (Å²) in [5.74, 6) is 4.73. The minimum Gasteiger partial charge on any atom is -0.205 e. The number of hydrogen-bond acceptors (Lipinski definition) is 6. The van der Waals surface area contributed by atoms with E-state index in [2.05, 4.69) is 43.9 Å². The van der Waals surface area contributed by atoms with Crippen LogP contribution in [0, 0.1) is 45.0 Å². The summed E-state index contributed by atoms with van der Waals surface area (Å²) >= 11 is 0. The third-order valence-electron chi connectivity index (χ3n) is 4.74. The van der Waals surface area contributed by atoms with Crippen LogP contribution in [0.1, 0.15) is 110 Å². The van der Waals surface area contributed by atoms with Gasteiger partial charge in [-0.15, -0.1) is 0 Å². The maximum atomic E-state index is 11.2. The van der Waals surface area contributed by atoms with E-state index in [1.165, 1.54) is 13.8 Å². The molecular formula is C25H42N4O4S2. The van der Waals surface area contributed by atoms with Crippen LogP contribution in [-0.4, -0.2) is 29.9 Å². The van der Waals surface area contributed by atoms with Gasteiger partial charge >= 0.3 is 0 Å². The summed E-state index contributed by atoms with van der Waals surface area (Å²) in [6.45, 7) is 3.92. The molecular weight excluding hydrogens is 484 g/mol. The van der Waals surface area contributed by atoms with Crippen LogP contribution in [0.3, 0.4) is 0 Å². The first-order valence-electron chi connectivity index (χ1n) is 12.3. The first-order chi connectivity index (χ1) is 16.7. The third kappa shape index (κ3) is 29.9. The lowest BCUT2D eigenvalue weighted by Gasteiger charge is -2.02. The predicted octanol–water partition coefficient (Wildman–Crippen LogP) is 4.67. The molecule has 0 unspecified atom stereocenters. The fourth-order valence-electron chi connectivity index (χ4n) is 3.00. The molecule has 0 bridgehead atoms. The van der Waals surface area contributed by atoms with E-state index in [0.29, 0.717) is 25.9 Å². The molecule has 35 heavy (non-hydrogen) atoms. The van der Waals surface area contributed by atoms with Gasteiger partial charge in [0.25, 0.3) is 20.0 Å². The van der Waals surface area contributed by atoms with E-state index in [-0.39, 0.29) is 0 Å². The number of unbranched alkanes of at least 4 members (excludes halogenated alkanes) is 13. The molecule has 0 aromatic carbocycles. The van der Waals surface area contributed by atoms with Crippen molar-refractivity contribution in [2.24, 2.45) is 0 Å². The van der Waals surface area contributed by atoms with Gasteiger partial charge in [-0.25, -0.2) is 9.44 Å². The summed E-state index contributed by atoms with van der Waals surface area (Å²) in [6, 6.07) is 4.25. The number of hydrogen-bond donors (Lipinski definition) is 2. The summed E-state index contributed by atoms with van der Waals surface area (Å²) in [6.07, 6.45) is 14.8. The van der Waals surface area contributed by atoms with Crippen molar-refractivity contribution in [3.05, 3.63) is 0 Å². The second-order valence-corrected chi connectivity index (χ2v) is 10.9. The van der Waals surface area contributed by atoms with Crippen LogP contribution in [-0.2, 0) is 20.0 Å². The number of rotatable bonds is 19. The summed E-state index contributed by atoms with van der Waals surface area (Å²) < 4.78 is 49.4. The van der Waals surface area contributed by atoms with Gasteiger partial charge in [-0.1, -0.05) is 69.6 Å². The Morgan fingerprint density at radius 1 is 0.514 bits per heavy atom. The Hall–Kier alpha value is -2.08. The molecule has 0 fully saturated rings. The Bertz CT molecular complexity index is 942. The number of nitriles is 2. The topological polar surface area (TPSA) is 140 Å². The smallest absolute Gasteiger partial charge is 0.205 e. The van der Waals surface area contributed by atoms with Crippen molar-refractivity contribution < 1.29 is 16.8 Å². The monoisotopic (exact) mass is 526 g/mol. The lowest BCUT2D eigenvalue weighted by atomic mass is 10.1. The maximum Gasteiger partial charge on any atom is 0.280 e. The van der Waals surface area contributed by atoms with Crippen LogP contribution in [0.15, 0.2) is 0 Å². The Kier molecular flexibility index (Phi) is 25.1. The normalized spacial score (nSPS) is 10.4. The predicted molar refractivity (Wildman–Crippen MR) is 141 cm³/mol.